The van der Waals surface area contributed by atoms with Crippen LogP contribution in [0.4, 0.5) is 15.8 Å². The van der Waals surface area contributed by atoms with Gasteiger partial charge in [0.15, 0.2) is 0 Å². The first-order valence-corrected chi connectivity index (χ1v) is 5.95. The monoisotopic (exact) mass is 275 g/mol. The predicted octanol–water partition coefficient (Wildman–Crippen LogP) is 2.42. The molecule has 0 unspecified atom stereocenters. The second kappa shape index (κ2) is 5.56. The number of pyridine rings is 1. The molecule has 104 valence electrons. The SMILES string of the molecule is Cc1cccnc1CNc1cc(F)c(C(=O)O)cc1N. The Hall–Kier alpha value is -2.63. The molecule has 1 aromatic heterocycles. The highest BCUT2D eigenvalue weighted by Gasteiger charge is 2.13. The maximum atomic E-state index is 13.6. The number of aromatic nitrogens is 1. The summed E-state index contributed by atoms with van der Waals surface area (Å²) in [5, 5.41) is 11.8. The summed E-state index contributed by atoms with van der Waals surface area (Å²) in [5.74, 6) is -2.17. The number of carboxylic acids is 1. The van der Waals surface area contributed by atoms with E-state index in [1.54, 1.807) is 6.20 Å². The lowest BCUT2D eigenvalue weighted by Crippen LogP contribution is -2.08. The molecule has 5 nitrogen and oxygen atoms in total. The molecule has 2 rings (SSSR count). The molecule has 4 N–H and O–H groups in total. The largest absolute Gasteiger partial charge is 0.478 e. The lowest BCUT2D eigenvalue weighted by molar-refractivity contribution is 0.0692. The van der Waals surface area contributed by atoms with E-state index in [1.807, 2.05) is 19.1 Å². The fraction of sp³-hybridized carbons (Fsp3) is 0.143. The van der Waals surface area contributed by atoms with Crippen molar-refractivity contribution in [2.75, 3.05) is 11.1 Å². The Labute approximate surface area is 115 Å². The van der Waals surface area contributed by atoms with Crippen LogP contribution in [0.5, 0.6) is 0 Å². The van der Waals surface area contributed by atoms with Crippen LogP contribution in [0.3, 0.4) is 0 Å². The van der Waals surface area contributed by atoms with Crippen LogP contribution < -0.4 is 11.1 Å². The van der Waals surface area contributed by atoms with Crippen molar-refractivity contribution in [2.45, 2.75) is 13.5 Å². The van der Waals surface area contributed by atoms with Gasteiger partial charge in [0.2, 0.25) is 0 Å². The number of aryl methyl sites for hydroxylation is 1. The van der Waals surface area contributed by atoms with Crippen molar-refractivity contribution in [3.63, 3.8) is 0 Å². The third kappa shape index (κ3) is 2.85. The number of anilines is 2. The van der Waals surface area contributed by atoms with E-state index >= 15 is 0 Å². The van der Waals surface area contributed by atoms with Gasteiger partial charge in [-0.05, 0) is 30.7 Å². The first kappa shape index (κ1) is 13.8. The normalized spacial score (nSPS) is 10.3. The molecule has 1 heterocycles. The number of nitrogen functional groups attached to an aromatic ring is 1. The maximum absolute atomic E-state index is 13.6. The van der Waals surface area contributed by atoms with Crippen molar-refractivity contribution < 1.29 is 14.3 Å². The second-order valence-electron chi connectivity index (χ2n) is 4.35. The minimum absolute atomic E-state index is 0.178. The van der Waals surface area contributed by atoms with Gasteiger partial charge in [-0.15, -0.1) is 0 Å². The van der Waals surface area contributed by atoms with Crippen LogP contribution in [-0.4, -0.2) is 16.1 Å². The Balaban J connectivity index is 2.21. The topological polar surface area (TPSA) is 88.2 Å². The summed E-state index contributed by atoms with van der Waals surface area (Å²) in [7, 11) is 0. The Morgan fingerprint density at radius 2 is 2.25 bits per heavy atom. The predicted molar refractivity (Wildman–Crippen MR) is 74.1 cm³/mol. The first-order chi connectivity index (χ1) is 9.49. The average Bonchev–Trinajstić information content (AvgIpc) is 2.40. The Morgan fingerprint density at radius 3 is 2.90 bits per heavy atom. The molecule has 1 aromatic carbocycles. The van der Waals surface area contributed by atoms with Crippen LogP contribution in [0, 0.1) is 12.7 Å². The number of carboxylic acid groups (broad SMARTS) is 1. The molecule has 0 aliphatic rings. The molecule has 0 aliphatic carbocycles. The maximum Gasteiger partial charge on any atom is 0.338 e. The number of aromatic carboxylic acids is 1. The quantitative estimate of drug-likeness (QED) is 0.746. The number of nitrogens with two attached hydrogens (primary N) is 1. The van der Waals surface area contributed by atoms with Crippen molar-refractivity contribution in [3.8, 4) is 0 Å². The molecule has 0 radical (unpaired) electrons. The number of nitrogens with one attached hydrogen (secondary N) is 1. The summed E-state index contributed by atoms with van der Waals surface area (Å²) >= 11 is 0. The van der Waals surface area contributed by atoms with E-state index in [9.17, 15) is 9.18 Å². The lowest BCUT2D eigenvalue weighted by Gasteiger charge is -2.11. The van der Waals surface area contributed by atoms with Crippen LogP contribution in [0.1, 0.15) is 21.6 Å². The third-order valence-corrected chi connectivity index (χ3v) is 2.93. The van der Waals surface area contributed by atoms with E-state index in [2.05, 4.69) is 10.3 Å². The van der Waals surface area contributed by atoms with Gasteiger partial charge >= 0.3 is 5.97 Å². The lowest BCUT2D eigenvalue weighted by atomic mass is 10.1. The minimum atomic E-state index is -1.35. The second-order valence-corrected chi connectivity index (χ2v) is 4.35. The van der Waals surface area contributed by atoms with Gasteiger partial charge in [0.25, 0.3) is 0 Å². The van der Waals surface area contributed by atoms with E-state index in [0.29, 0.717) is 12.2 Å². The Bertz CT molecular complexity index is 659. The van der Waals surface area contributed by atoms with Gasteiger partial charge in [-0.1, -0.05) is 6.07 Å². The van der Waals surface area contributed by atoms with Gasteiger partial charge in [0, 0.05) is 6.20 Å². The van der Waals surface area contributed by atoms with Gasteiger partial charge in [-0.25, -0.2) is 9.18 Å². The summed E-state index contributed by atoms with van der Waals surface area (Å²) < 4.78 is 13.6. The van der Waals surface area contributed by atoms with Crippen LogP contribution in [0.2, 0.25) is 0 Å². The van der Waals surface area contributed by atoms with E-state index in [0.717, 1.165) is 23.4 Å². The molecule has 20 heavy (non-hydrogen) atoms. The van der Waals surface area contributed by atoms with Crippen molar-refractivity contribution in [1.82, 2.24) is 4.98 Å². The molecular weight excluding hydrogens is 261 g/mol. The number of hydrogen-bond acceptors (Lipinski definition) is 4. The standard InChI is InChI=1S/C14H14FN3O2/c1-8-3-2-4-17-13(8)7-18-12-6-10(15)9(14(19)20)5-11(12)16/h2-6,18H,7,16H2,1H3,(H,19,20). The van der Waals surface area contributed by atoms with Crippen LogP contribution in [0.15, 0.2) is 30.5 Å². The molecule has 0 spiro atoms. The fourth-order valence-corrected chi connectivity index (χ4v) is 1.79. The summed E-state index contributed by atoms with van der Waals surface area (Å²) in [6.07, 6.45) is 1.67. The van der Waals surface area contributed by atoms with Crippen LogP contribution in [-0.2, 0) is 6.54 Å². The van der Waals surface area contributed by atoms with Gasteiger partial charge in [0.05, 0.1) is 29.2 Å². The molecule has 0 atom stereocenters. The smallest absolute Gasteiger partial charge is 0.338 e. The van der Waals surface area contributed by atoms with Gasteiger partial charge in [-0.2, -0.15) is 0 Å². The zero-order valence-corrected chi connectivity index (χ0v) is 10.9. The molecule has 0 bridgehead atoms. The van der Waals surface area contributed by atoms with Crippen molar-refractivity contribution in [1.29, 1.82) is 0 Å². The zero-order chi connectivity index (χ0) is 14.7. The number of rotatable bonds is 4. The summed E-state index contributed by atoms with van der Waals surface area (Å²) in [5.41, 5.74) is 7.61. The number of benzene rings is 1. The number of hydrogen-bond donors (Lipinski definition) is 3. The number of nitrogens with zero attached hydrogens (tertiary/aromatic N) is 1. The first-order valence-electron chi connectivity index (χ1n) is 5.95. The summed E-state index contributed by atoms with van der Waals surface area (Å²) in [6, 6.07) is 5.93. The van der Waals surface area contributed by atoms with E-state index in [1.165, 1.54) is 0 Å². The number of carbonyl (C=O) groups is 1. The third-order valence-electron chi connectivity index (χ3n) is 2.93. The highest BCUT2D eigenvalue weighted by atomic mass is 19.1. The summed E-state index contributed by atoms with van der Waals surface area (Å²) in [4.78, 5) is 15.0. The molecule has 0 aliphatic heterocycles. The average molecular weight is 275 g/mol. The molecule has 0 saturated carbocycles. The van der Waals surface area contributed by atoms with Gasteiger partial charge in [0.1, 0.15) is 5.82 Å². The van der Waals surface area contributed by atoms with Crippen molar-refractivity contribution >= 4 is 17.3 Å². The Kier molecular flexibility index (Phi) is 3.84. The van der Waals surface area contributed by atoms with Gasteiger partial charge in [-0.3, -0.25) is 4.98 Å². The van der Waals surface area contributed by atoms with E-state index in [-0.39, 0.29) is 5.69 Å². The van der Waals surface area contributed by atoms with E-state index in [4.69, 9.17) is 10.8 Å². The Morgan fingerprint density at radius 1 is 1.50 bits per heavy atom. The minimum Gasteiger partial charge on any atom is -0.478 e. The van der Waals surface area contributed by atoms with E-state index < -0.39 is 17.3 Å². The summed E-state index contributed by atoms with van der Waals surface area (Å²) in [6.45, 7) is 2.30. The molecule has 0 amide bonds. The molecule has 2 aromatic rings. The molecule has 6 heteroatoms. The highest BCUT2D eigenvalue weighted by Crippen LogP contribution is 2.23. The highest BCUT2D eigenvalue weighted by molar-refractivity contribution is 5.90. The molecule has 0 fully saturated rings. The number of halogens is 1. The molecule has 0 saturated heterocycles. The van der Waals surface area contributed by atoms with Crippen molar-refractivity contribution in [2.24, 2.45) is 0 Å². The van der Waals surface area contributed by atoms with Gasteiger partial charge < -0.3 is 16.2 Å². The molecular formula is C14H14FN3O2. The van der Waals surface area contributed by atoms with Crippen LogP contribution >= 0.6 is 0 Å². The zero-order valence-electron chi connectivity index (χ0n) is 10.9. The fourth-order valence-electron chi connectivity index (χ4n) is 1.79. The van der Waals surface area contributed by atoms with Crippen molar-refractivity contribution in [3.05, 3.63) is 53.1 Å². The van der Waals surface area contributed by atoms with Crippen LogP contribution in [0.25, 0.3) is 0 Å².